The largest absolute Gasteiger partial charge is 0.486 e. The van der Waals surface area contributed by atoms with E-state index < -0.39 is 6.10 Å². The summed E-state index contributed by atoms with van der Waals surface area (Å²) in [6, 6.07) is 9.39. The van der Waals surface area contributed by atoms with Crippen LogP contribution in [0.25, 0.3) is 0 Å². The summed E-state index contributed by atoms with van der Waals surface area (Å²) in [6.07, 6.45) is -0.628. The van der Waals surface area contributed by atoms with Crippen molar-refractivity contribution < 1.29 is 14.6 Å². The lowest BCUT2D eigenvalue weighted by Gasteiger charge is -2.20. The summed E-state index contributed by atoms with van der Waals surface area (Å²) in [7, 11) is 0. The molecule has 0 amide bonds. The van der Waals surface area contributed by atoms with Crippen molar-refractivity contribution in [3.8, 4) is 11.5 Å². The van der Waals surface area contributed by atoms with Crippen molar-refractivity contribution in [1.29, 1.82) is 0 Å². The molecule has 2 heterocycles. The summed E-state index contributed by atoms with van der Waals surface area (Å²) in [5.74, 6) is 1.44. The number of hydrogen-bond acceptors (Lipinski definition) is 4. The van der Waals surface area contributed by atoms with E-state index in [-0.39, 0.29) is 0 Å². The van der Waals surface area contributed by atoms with Gasteiger partial charge in [-0.2, -0.15) is 0 Å². The first kappa shape index (κ1) is 12.0. The molecule has 0 spiro atoms. The summed E-state index contributed by atoms with van der Waals surface area (Å²) in [5, 5.41) is 10.3. The van der Waals surface area contributed by atoms with Crippen LogP contribution in [0.2, 0.25) is 0 Å². The molecular formula is C13H11BrO3S. The predicted octanol–water partition coefficient (Wildman–Crippen LogP) is 3.36. The quantitative estimate of drug-likeness (QED) is 0.919. The van der Waals surface area contributed by atoms with Gasteiger partial charge in [-0.1, -0.05) is 6.07 Å². The molecule has 1 aliphatic heterocycles. The van der Waals surface area contributed by atoms with Gasteiger partial charge >= 0.3 is 0 Å². The minimum absolute atomic E-state index is 0.553. The fraction of sp³-hybridized carbons (Fsp3) is 0.231. The molecule has 0 fully saturated rings. The predicted molar refractivity (Wildman–Crippen MR) is 73.5 cm³/mol. The van der Waals surface area contributed by atoms with Gasteiger partial charge in [-0.15, -0.1) is 11.3 Å². The van der Waals surface area contributed by atoms with E-state index in [4.69, 9.17) is 9.47 Å². The van der Waals surface area contributed by atoms with E-state index in [9.17, 15) is 5.11 Å². The normalized spacial score (nSPS) is 15.4. The standard InChI is InChI=1S/C13H11BrO3S/c14-12-4-3-11(18-12)13(15)8-1-2-9-10(7-8)17-6-5-16-9/h1-4,7,13,15H,5-6H2. The van der Waals surface area contributed by atoms with Crippen molar-refractivity contribution in [2.45, 2.75) is 6.10 Å². The van der Waals surface area contributed by atoms with E-state index in [0.717, 1.165) is 20.0 Å². The molecular weight excluding hydrogens is 316 g/mol. The van der Waals surface area contributed by atoms with Gasteiger partial charge in [0.25, 0.3) is 0 Å². The average molecular weight is 327 g/mol. The second-order valence-electron chi connectivity index (χ2n) is 3.95. The van der Waals surface area contributed by atoms with Gasteiger partial charge in [0.1, 0.15) is 19.3 Å². The highest BCUT2D eigenvalue weighted by atomic mass is 79.9. The Balaban J connectivity index is 1.92. The van der Waals surface area contributed by atoms with Gasteiger partial charge in [-0.05, 0) is 45.8 Å². The third kappa shape index (κ3) is 2.25. The topological polar surface area (TPSA) is 38.7 Å². The number of ether oxygens (including phenoxy) is 2. The Morgan fingerprint density at radius 1 is 1.11 bits per heavy atom. The summed E-state index contributed by atoms with van der Waals surface area (Å²) in [5.41, 5.74) is 0.814. The molecule has 0 radical (unpaired) electrons. The fourth-order valence-corrected chi connectivity index (χ4v) is 3.31. The number of thiophene rings is 1. The third-order valence-corrected chi connectivity index (χ3v) is 4.42. The molecule has 0 saturated heterocycles. The van der Waals surface area contributed by atoms with Crippen LogP contribution >= 0.6 is 27.3 Å². The molecule has 1 atom stereocenters. The maximum atomic E-state index is 10.3. The number of aliphatic hydroxyl groups excluding tert-OH is 1. The minimum Gasteiger partial charge on any atom is -0.486 e. The molecule has 0 aliphatic carbocycles. The zero-order valence-corrected chi connectivity index (χ0v) is 11.8. The third-order valence-electron chi connectivity index (χ3n) is 2.75. The highest BCUT2D eigenvalue weighted by Crippen LogP contribution is 2.36. The summed E-state index contributed by atoms with van der Waals surface area (Å²) in [4.78, 5) is 0.901. The van der Waals surface area contributed by atoms with Crippen molar-refractivity contribution in [1.82, 2.24) is 0 Å². The Hall–Kier alpha value is -1.04. The van der Waals surface area contributed by atoms with E-state index in [1.165, 1.54) is 11.3 Å². The van der Waals surface area contributed by atoms with Crippen LogP contribution < -0.4 is 9.47 Å². The molecule has 3 nitrogen and oxygen atoms in total. The highest BCUT2D eigenvalue weighted by Gasteiger charge is 2.17. The molecule has 1 aromatic carbocycles. The molecule has 1 unspecified atom stereocenters. The molecule has 5 heteroatoms. The molecule has 2 aromatic rings. The van der Waals surface area contributed by atoms with Crippen molar-refractivity contribution >= 4 is 27.3 Å². The van der Waals surface area contributed by atoms with E-state index >= 15 is 0 Å². The first-order valence-electron chi connectivity index (χ1n) is 5.57. The molecule has 18 heavy (non-hydrogen) atoms. The van der Waals surface area contributed by atoms with Crippen molar-refractivity contribution in [2.24, 2.45) is 0 Å². The van der Waals surface area contributed by atoms with Crippen molar-refractivity contribution in [2.75, 3.05) is 13.2 Å². The zero-order valence-electron chi connectivity index (χ0n) is 9.43. The highest BCUT2D eigenvalue weighted by molar-refractivity contribution is 9.11. The van der Waals surface area contributed by atoms with Crippen LogP contribution in [0.1, 0.15) is 16.5 Å². The lowest BCUT2D eigenvalue weighted by molar-refractivity contribution is 0.170. The lowest BCUT2D eigenvalue weighted by Crippen LogP contribution is -2.15. The summed E-state index contributed by atoms with van der Waals surface area (Å²) >= 11 is 4.92. The summed E-state index contributed by atoms with van der Waals surface area (Å²) in [6.45, 7) is 1.13. The van der Waals surface area contributed by atoms with Crippen molar-refractivity contribution in [3.63, 3.8) is 0 Å². The summed E-state index contributed by atoms with van der Waals surface area (Å²) < 4.78 is 12.0. The van der Waals surface area contributed by atoms with Crippen LogP contribution in [-0.4, -0.2) is 18.3 Å². The monoisotopic (exact) mass is 326 g/mol. The number of fused-ring (bicyclic) bond motifs is 1. The van der Waals surface area contributed by atoms with Crippen LogP contribution in [0.4, 0.5) is 0 Å². The Kier molecular flexibility index (Phi) is 3.28. The van der Waals surface area contributed by atoms with Gasteiger partial charge in [0.2, 0.25) is 0 Å². The number of rotatable bonds is 2. The number of halogens is 1. The van der Waals surface area contributed by atoms with Crippen LogP contribution in [-0.2, 0) is 0 Å². The van der Waals surface area contributed by atoms with Crippen molar-refractivity contribution in [3.05, 3.63) is 44.6 Å². The van der Waals surface area contributed by atoms with E-state index in [1.807, 2.05) is 30.3 Å². The van der Waals surface area contributed by atoms with Gasteiger partial charge in [-0.3, -0.25) is 0 Å². The van der Waals surface area contributed by atoms with Gasteiger partial charge in [0, 0.05) is 4.88 Å². The smallest absolute Gasteiger partial charge is 0.161 e. The average Bonchev–Trinajstić information content (AvgIpc) is 2.84. The van der Waals surface area contributed by atoms with Gasteiger partial charge < -0.3 is 14.6 Å². The van der Waals surface area contributed by atoms with E-state index in [1.54, 1.807) is 0 Å². The molecule has 94 valence electrons. The molecule has 1 N–H and O–H groups in total. The Morgan fingerprint density at radius 3 is 2.61 bits per heavy atom. The van der Waals surface area contributed by atoms with Gasteiger partial charge in [-0.25, -0.2) is 0 Å². The number of benzene rings is 1. The van der Waals surface area contributed by atoms with Crippen LogP contribution in [0, 0.1) is 0 Å². The molecule has 1 aliphatic rings. The first-order valence-corrected chi connectivity index (χ1v) is 7.18. The Bertz CT molecular complexity index is 567. The lowest BCUT2D eigenvalue weighted by atomic mass is 10.1. The van der Waals surface area contributed by atoms with Crippen LogP contribution in [0.5, 0.6) is 11.5 Å². The van der Waals surface area contributed by atoms with E-state index in [2.05, 4.69) is 15.9 Å². The first-order chi connectivity index (χ1) is 8.74. The van der Waals surface area contributed by atoms with Crippen LogP contribution in [0.15, 0.2) is 34.1 Å². The minimum atomic E-state index is -0.628. The fourth-order valence-electron chi connectivity index (χ4n) is 1.87. The Morgan fingerprint density at radius 2 is 1.89 bits per heavy atom. The van der Waals surface area contributed by atoms with Gasteiger partial charge in [0.05, 0.1) is 3.79 Å². The molecule has 0 bridgehead atoms. The SMILES string of the molecule is OC(c1ccc2c(c1)OCCO2)c1ccc(Br)s1. The number of hydrogen-bond donors (Lipinski definition) is 1. The van der Waals surface area contributed by atoms with E-state index in [0.29, 0.717) is 19.0 Å². The zero-order chi connectivity index (χ0) is 12.5. The second kappa shape index (κ2) is 4.91. The molecule has 3 rings (SSSR count). The Labute approximate surface area is 117 Å². The second-order valence-corrected chi connectivity index (χ2v) is 6.44. The molecule has 0 saturated carbocycles. The maximum Gasteiger partial charge on any atom is 0.161 e. The van der Waals surface area contributed by atoms with Crippen LogP contribution in [0.3, 0.4) is 0 Å². The maximum absolute atomic E-state index is 10.3. The van der Waals surface area contributed by atoms with Gasteiger partial charge in [0.15, 0.2) is 11.5 Å². The number of aliphatic hydroxyl groups is 1. The molecule has 1 aromatic heterocycles.